The van der Waals surface area contributed by atoms with E-state index in [1.54, 1.807) is 0 Å². The van der Waals surface area contributed by atoms with E-state index >= 15 is 0 Å². The topological polar surface area (TPSA) is 67.8 Å². The predicted octanol–water partition coefficient (Wildman–Crippen LogP) is 1.41. The van der Waals surface area contributed by atoms with Gasteiger partial charge in [0.15, 0.2) is 11.5 Å². The van der Waals surface area contributed by atoms with E-state index in [0.29, 0.717) is 26.3 Å². The summed E-state index contributed by atoms with van der Waals surface area (Å²) in [5, 5.41) is 11.6. The molecule has 98 valence electrons. The molecule has 0 radical (unpaired) electrons. The van der Waals surface area contributed by atoms with Crippen LogP contribution in [0.1, 0.15) is 18.4 Å². The highest BCUT2D eigenvalue weighted by molar-refractivity contribution is 5.66. The summed E-state index contributed by atoms with van der Waals surface area (Å²) in [7, 11) is 0. The molecule has 1 aliphatic rings. The number of carbonyl (C=O) groups is 1. The van der Waals surface area contributed by atoms with E-state index in [4.69, 9.17) is 14.6 Å². The quantitative estimate of drug-likeness (QED) is 0.774. The Hall–Kier alpha value is -1.75. The van der Waals surface area contributed by atoms with Crippen LogP contribution in [0.2, 0.25) is 0 Å². The third-order valence-electron chi connectivity index (χ3n) is 2.68. The Bertz CT molecular complexity index is 419. The molecule has 0 atom stereocenters. The van der Waals surface area contributed by atoms with Crippen LogP contribution in [0.3, 0.4) is 0 Å². The van der Waals surface area contributed by atoms with Gasteiger partial charge in [-0.1, -0.05) is 12.1 Å². The molecule has 5 heteroatoms. The Morgan fingerprint density at radius 2 is 2.17 bits per heavy atom. The maximum atomic E-state index is 10.4. The summed E-state index contributed by atoms with van der Waals surface area (Å²) in [6.45, 7) is 2.35. The lowest BCUT2D eigenvalue weighted by Gasteiger charge is -2.12. The predicted molar refractivity (Wildman–Crippen MR) is 66.0 cm³/mol. The molecule has 1 aromatic carbocycles. The van der Waals surface area contributed by atoms with Crippen LogP contribution in [0.5, 0.6) is 11.5 Å². The SMILES string of the molecule is O=C(O)CCNCc1cccc2c1OCCCO2. The van der Waals surface area contributed by atoms with Crippen LogP contribution < -0.4 is 14.8 Å². The second kappa shape index (κ2) is 6.26. The zero-order valence-corrected chi connectivity index (χ0v) is 10.1. The molecular formula is C13H17NO4. The average molecular weight is 251 g/mol. The Balaban J connectivity index is 1.97. The van der Waals surface area contributed by atoms with Gasteiger partial charge in [-0.05, 0) is 6.07 Å². The maximum absolute atomic E-state index is 10.4. The highest BCUT2D eigenvalue weighted by Gasteiger charge is 2.13. The number of carboxylic acid groups (broad SMARTS) is 1. The highest BCUT2D eigenvalue weighted by atomic mass is 16.5. The van der Waals surface area contributed by atoms with Gasteiger partial charge in [0, 0.05) is 25.1 Å². The molecule has 0 saturated carbocycles. The minimum absolute atomic E-state index is 0.117. The van der Waals surface area contributed by atoms with Crippen molar-refractivity contribution in [2.45, 2.75) is 19.4 Å². The first-order valence-electron chi connectivity index (χ1n) is 6.07. The Labute approximate surface area is 106 Å². The van der Waals surface area contributed by atoms with Crippen molar-refractivity contribution >= 4 is 5.97 Å². The Morgan fingerprint density at radius 3 is 3.00 bits per heavy atom. The monoisotopic (exact) mass is 251 g/mol. The number of nitrogens with one attached hydrogen (secondary N) is 1. The summed E-state index contributed by atoms with van der Waals surface area (Å²) >= 11 is 0. The summed E-state index contributed by atoms with van der Waals surface area (Å²) in [6, 6.07) is 5.77. The molecule has 0 fully saturated rings. The molecule has 18 heavy (non-hydrogen) atoms. The lowest BCUT2D eigenvalue weighted by molar-refractivity contribution is -0.136. The van der Waals surface area contributed by atoms with Gasteiger partial charge < -0.3 is 19.9 Å². The maximum Gasteiger partial charge on any atom is 0.304 e. The summed E-state index contributed by atoms with van der Waals surface area (Å²) < 4.78 is 11.3. The van der Waals surface area contributed by atoms with E-state index < -0.39 is 5.97 Å². The van der Waals surface area contributed by atoms with E-state index in [-0.39, 0.29) is 6.42 Å². The van der Waals surface area contributed by atoms with E-state index in [2.05, 4.69) is 5.32 Å². The van der Waals surface area contributed by atoms with Gasteiger partial charge in [-0.25, -0.2) is 0 Å². The molecule has 0 aliphatic carbocycles. The van der Waals surface area contributed by atoms with Gasteiger partial charge in [-0.2, -0.15) is 0 Å². The van der Waals surface area contributed by atoms with Gasteiger partial charge in [0.2, 0.25) is 0 Å². The van der Waals surface area contributed by atoms with Gasteiger partial charge in [-0.3, -0.25) is 4.79 Å². The highest BCUT2D eigenvalue weighted by Crippen LogP contribution is 2.32. The smallest absolute Gasteiger partial charge is 0.304 e. The first kappa shape index (κ1) is 12.7. The zero-order chi connectivity index (χ0) is 12.8. The van der Waals surface area contributed by atoms with Crippen LogP contribution in [0.25, 0.3) is 0 Å². The number of benzene rings is 1. The van der Waals surface area contributed by atoms with Crippen LogP contribution >= 0.6 is 0 Å². The molecule has 5 nitrogen and oxygen atoms in total. The summed E-state index contributed by atoms with van der Waals surface area (Å²) in [6.07, 6.45) is 0.993. The van der Waals surface area contributed by atoms with Crippen molar-refractivity contribution in [1.29, 1.82) is 0 Å². The Morgan fingerprint density at radius 1 is 1.33 bits per heavy atom. The van der Waals surface area contributed by atoms with Crippen molar-refractivity contribution in [3.05, 3.63) is 23.8 Å². The molecule has 0 amide bonds. The zero-order valence-electron chi connectivity index (χ0n) is 10.1. The van der Waals surface area contributed by atoms with Crippen LogP contribution in [0, 0.1) is 0 Å². The minimum atomic E-state index is -0.797. The van der Waals surface area contributed by atoms with Crippen LogP contribution in [-0.4, -0.2) is 30.8 Å². The van der Waals surface area contributed by atoms with Crippen molar-refractivity contribution < 1.29 is 19.4 Å². The Kier molecular flexibility index (Phi) is 4.41. The molecule has 1 heterocycles. The van der Waals surface area contributed by atoms with E-state index in [0.717, 1.165) is 23.5 Å². The van der Waals surface area contributed by atoms with Crippen LogP contribution in [-0.2, 0) is 11.3 Å². The molecular weight excluding hydrogens is 234 g/mol. The number of hydrogen-bond acceptors (Lipinski definition) is 4. The minimum Gasteiger partial charge on any atom is -0.490 e. The third-order valence-corrected chi connectivity index (χ3v) is 2.68. The fourth-order valence-electron chi connectivity index (χ4n) is 1.81. The summed E-state index contributed by atoms with van der Waals surface area (Å²) in [5.74, 6) is 0.747. The third kappa shape index (κ3) is 3.37. The molecule has 0 unspecified atom stereocenters. The number of ether oxygens (including phenoxy) is 2. The molecule has 0 bridgehead atoms. The van der Waals surface area contributed by atoms with Crippen molar-refractivity contribution in [3.8, 4) is 11.5 Å². The molecule has 0 saturated heterocycles. The van der Waals surface area contributed by atoms with Gasteiger partial charge in [-0.15, -0.1) is 0 Å². The molecule has 1 aliphatic heterocycles. The largest absolute Gasteiger partial charge is 0.490 e. The number of fused-ring (bicyclic) bond motifs is 1. The molecule has 0 spiro atoms. The lowest BCUT2D eigenvalue weighted by Crippen LogP contribution is -2.18. The number of hydrogen-bond donors (Lipinski definition) is 2. The van der Waals surface area contributed by atoms with Gasteiger partial charge >= 0.3 is 5.97 Å². The summed E-state index contributed by atoms with van der Waals surface area (Å²) in [5.41, 5.74) is 1.000. The van der Waals surface area contributed by atoms with Crippen molar-refractivity contribution in [2.24, 2.45) is 0 Å². The van der Waals surface area contributed by atoms with Crippen LogP contribution in [0.4, 0.5) is 0 Å². The van der Waals surface area contributed by atoms with Crippen LogP contribution in [0.15, 0.2) is 18.2 Å². The van der Waals surface area contributed by atoms with Crippen molar-refractivity contribution in [1.82, 2.24) is 5.32 Å². The molecule has 0 aromatic heterocycles. The lowest BCUT2D eigenvalue weighted by atomic mass is 10.2. The fourth-order valence-corrected chi connectivity index (χ4v) is 1.81. The average Bonchev–Trinajstić information content (AvgIpc) is 2.60. The first-order chi connectivity index (χ1) is 8.77. The number of carboxylic acids is 1. The van der Waals surface area contributed by atoms with E-state index in [1.165, 1.54) is 0 Å². The second-order valence-corrected chi connectivity index (χ2v) is 4.12. The summed E-state index contributed by atoms with van der Waals surface area (Å²) in [4.78, 5) is 10.4. The number of aliphatic carboxylic acids is 1. The first-order valence-corrected chi connectivity index (χ1v) is 6.07. The molecule has 2 rings (SSSR count). The van der Waals surface area contributed by atoms with Crippen molar-refractivity contribution in [3.63, 3.8) is 0 Å². The number of para-hydroxylation sites is 1. The fraction of sp³-hybridized carbons (Fsp3) is 0.462. The van der Waals surface area contributed by atoms with E-state index in [1.807, 2.05) is 18.2 Å². The second-order valence-electron chi connectivity index (χ2n) is 4.12. The molecule has 1 aromatic rings. The standard InChI is InChI=1S/C13H17NO4/c15-12(16)5-6-14-9-10-3-1-4-11-13(10)18-8-2-7-17-11/h1,3-4,14H,2,5-9H2,(H,15,16). The van der Waals surface area contributed by atoms with Gasteiger partial charge in [0.05, 0.1) is 19.6 Å². The van der Waals surface area contributed by atoms with Crippen molar-refractivity contribution in [2.75, 3.05) is 19.8 Å². The molecule has 2 N–H and O–H groups in total. The van der Waals surface area contributed by atoms with Gasteiger partial charge in [0.1, 0.15) is 0 Å². The van der Waals surface area contributed by atoms with E-state index in [9.17, 15) is 4.79 Å². The van der Waals surface area contributed by atoms with Gasteiger partial charge in [0.25, 0.3) is 0 Å². The number of rotatable bonds is 5. The normalized spacial score (nSPS) is 14.0.